The van der Waals surface area contributed by atoms with Gasteiger partial charge in [0.25, 0.3) is 0 Å². The molecule has 0 unspecified atom stereocenters. The Labute approximate surface area is 118 Å². The first-order chi connectivity index (χ1) is 9.04. The summed E-state index contributed by atoms with van der Waals surface area (Å²) in [6.07, 6.45) is 1.49. The third-order valence-electron chi connectivity index (χ3n) is 2.70. The molecule has 0 fully saturated rings. The summed E-state index contributed by atoms with van der Waals surface area (Å²) in [4.78, 5) is 12.4. The van der Waals surface area contributed by atoms with Crippen molar-refractivity contribution in [1.29, 1.82) is 0 Å². The third-order valence-corrected chi connectivity index (χ3v) is 3.33. The highest BCUT2D eigenvalue weighted by Crippen LogP contribution is 2.30. The molecule has 0 atom stereocenters. The summed E-state index contributed by atoms with van der Waals surface area (Å²) in [6.45, 7) is 1.95. The molecule has 2 rings (SSSR count). The van der Waals surface area contributed by atoms with Gasteiger partial charge < -0.3 is 10.2 Å². The number of rotatable bonds is 4. The van der Waals surface area contributed by atoms with E-state index < -0.39 is 0 Å². The minimum absolute atomic E-state index is 0.0753. The molecule has 5 nitrogen and oxygen atoms in total. The number of carbonyl (C=O) groups excluding carboxylic acids is 1. The highest BCUT2D eigenvalue weighted by Gasteiger charge is 2.20. The molecule has 0 aliphatic rings. The Balaban J connectivity index is 2.47. The fourth-order valence-electron chi connectivity index (χ4n) is 1.88. The number of nitrogens with zero attached hydrogens (tertiary/aromatic N) is 2. The zero-order valence-electron chi connectivity index (χ0n) is 10.3. The van der Waals surface area contributed by atoms with Crippen LogP contribution in [0.15, 0.2) is 28.9 Å². The molecule has 0 radical (unpaired) electrons. The number of aromatic hydroxyl groups is 1. The molecule has 0 bridgehead atoms. The van der Waals surface area contributed by atoms with Gasteiger partial charge in [0.15, 0.2) is 0 Å². The number of halogens is 1. The maximum atomic E-state index is 12.4. The predicted molar refractivity (Wildman–Crippen MR) is 73.3 cm³/mol. The van der Waals surface area contributed by atoms with Crippen molar-refractivity contribution in [2.75, 3.05) is 6.61 Å². The number of carbonyl (C=O) groups is 1. The van der Waals surface area contributed by atoms with Gasteiger partial charge in [-0.25, -0.2) is 0 Å². The van der Waals surface area contributed by atoms with Crippen LogP contribution in [0.2, 0.25) is 0 Å². The molecule has 2 aromatic rings. The van der Waals surface area contributed by atoms with E-state index in [2.05, 4.69) is 21.0 Å². The number of phenolic OH excluding ortho intramolecular Hbond substituents is 1. The molecule has 0 saturated carbocycles. The molecule has 1 heterocycles. The highest BCUT2D eigenvalue weighted by atomic mass is 79.9. The van der Waals surface area contributed by atoms with Gasteiger partial charge in [-0.2, -0.15) is 5.10 Å². The Morgan fingerprint density at radius 3 is 2.84 bits per heavy atom. The standard InChI is InChI=1S/C13H13BrN2O3/c1-8-6-9(14)12(11(18)7-8)13(19)10-2-3-15-16(10)4-5-17/h2-3,6-7,17-18H,4-5H2,1H3. The van der Waals surface area contributed by atoms with Gasteiger partial charge in [-0.3, -0.25) is 9.48 Å². The van der Waals surface area contributed by atoms with Crippen molar-refractivity contribution in [3.05, 3.63) is 45.7 Å². The summed E-state index contributed by atoms with van der Waals surface area (Å²) in [5.41, 5.74) is 1.38. The van der Waals surface area contributed by atoms with E-state index in [4.69, 9.17) is 5.11 Å². The quantitative estimate of drug-likeness (QED) is 0.842. The number of benzene rings is 1. The normalized spacial score (nSPS) is 10.7. The maximum Gasteiger partial charge on any atom is 0.215 e. The van der Waals surface area contributed by atoms with Gasteiger partial charge >= 0.3 is 0 Å². The van der Waals surface area contributed by atoms with E-state index in [-0.39, 0.29) is 30.2 Å². The Morgan fingerprint density at radius 1 is 1.47 bits per heavy atom. The number of phenols is 1. The van der Waals surface area contributed by atoms with Crippen molar-refractivity contribution in [1.82, 2.24) is 9.78 Å². The Bertz CT molecular complexity index is 599. The van der Waals surface area contributed by atoms with Crippen LogP contribution in [-0.2, 0) is 6.54 Å². The zero-order chi connectivity index (χ0) is 14.0. The number of aromatic nitrogens is 2. The summed E-state index contributed by atoms with van der Waals surface area (Å²) in [5.74, 6) is -0.413. The van der Waals surface area contributed by atoms with Crippen LogP contribution in [0.4, 0.5) is 0 Å². The number of hydrogen-bond donors (Lipinski definition) is 2. The first kappa shape index (κ1) is 13.8. The summed E-state index contributed by atoms with van der Waals surface area (Å²) in [5, 5.41) is 22.8. The van der Waals surface area contributed by atoms with E-state index in [1.54, 1.807) is 12.1 Å². The fourth-order valence-corrected chi connectivity index (χ4v) is 2.62. The smallest absolute Gasteiger partial charge is 0.215 e. The number of aliphatic hydroxyl groups is 1. The van der Waals surface area contributed by atoms with Gasteiger partial charge in [-0.15, -0.1) is 0 Å². The molecule has 2 N–H and O–H groups in total. The molecule has 0 aliphatic carbocycles. The lowest BCUT2D eigenvalue weighted by molar-refractivity contribution is 0.102. The molecular weight excluding hydrogens is 312 g/mol. The van der Waals surface area contributed by atoms with Crippen LogP contribution in [0.3, 0.4) is 0 Å². The van der Waals surface area contributed by atoms with Gasteiger partial charge in [-0.1, -0.05) is 0 Å². The molecular formula is C13H13BrN2O3. The van der Waals surface area contributed by atoms with Gasteiger partial charge in [-0.05, 0) is 46.6 Å². The number of aliphatic hydroxyl groups excluding tert-OH is 1. The van der Waals surface area contributed by atoms with Crippen LogP contribution in [-0.4, -0.2) is 32.4 Å². The van der Waals surface area contributed by atoms with Crippen LogP contribution >= 0.6 is 15.9 Å². The largest absolute Gasteiger partial charge is 0.507 e. The van der Waals surface area contributed by atoms with Crippen molar-refractivity contribution in [3.8, 4) is 5.75 Å². The van der Waals surface area contributed by atoms with Crippen LogP contribution in [0, 0.1) is 6.92 Å². The first-order valence-corrected chi connectivity index (χ1v) is 6.50. The van der Waals surface area contributed by atoms with E-state index in [0.717, 1.165) is 5.56 Å². The molecule has 100 valence electrons. The monoisotopic (exact) mass is 324 g/mol. The second-order valence-corrected chi connectivity index (χ2v) is 4.99. The van der Waals surface area contributed by atoms with Crippen LogP contribution in [0.25, 0.3) is 0 Å². The van der Waals surface area contributed by atoms with Gasteiger partial charge in [0.2, 0.25) is 5.78 Å². The Hall–Kier alpha value is -1.66. The molecule has 0 aliphatic heterocycles. The average Bonchev–Trinajstić information content (AvgIpc) is 2.76. The average molecular weight is 325 g/mol. The summed E-state index contributed by atoms with van der Waals surface area (Å²) >= 11 is 3.29. The number of aryl methyl sites for hydroxylation is 1. The molecule has 0 spiro atoms. The SMILES string of the molecule is Cc1cc(O)c(C(=O)c2ccnn2CCO)c(Br)c1. The predicted octanol–water partition coefficient (Wildman–Crippen LogP) is 1.88. The van der Waals surface area contributed by atoms with Gasteiger partial charge in [0.05, 0.1) is 18.7 Å². The molecule has 1 aromatic carbocycles. The van der Waals surface area contributed by atoms with Crippen molar-refractivity contribution >= 4 is 21.7 Å². The fraction of sp³-hybridized carbons (Fsp3) is 0.231. The minimum Gasteiger partial charge on any atom is -0.507 e. The summed E-state index contributed by atoms with van der Waals surface area (Å²) in [7, 11) is 0. The van der Waals surface area contributed by atoms with Gasteiger partial charge in [0, 0.05) is 10.7 Å². The van der Waals surface area contributed by atoms with E-state index >= 15 is 0 Å². The Kier molecular flexibility index (Phi) is 4.01. The maximum absolute atomic E-state index is 12.4. The van der Waals surface area contributed by atoms with Gasteiger partial charge in [0.1, 0.15) is 11.4 Å². The Morgan fingerprint density at radius 2 is 2.21 bits per heavy atom. The lowest BCUT2D eigenvalue weighted by Crippen LogP contribution is -2.14. The summed E-state index contributed by atoms with van der Waals surface area (Å²) in [6, 6.07) is 4.86. The van der Waals surface area contributed by atoms with Crippen LogP contribution in [0.5, 0.6) is 5.75 Å². The second kappa shape index (κ2) is 5.54. The van der Waals surface area contributed by atoms with Crippen LogP contribution < -0.4 is 0 Å². The minimum atomic E-state index is -0.338. The van der Waals surface area contributed by atoms with Crippen LogP contribution in [0.1, 0.15) is 21.6 Å². The highest BCUT2D eigenvalue weighted by molar-refractivity contribution is 9.10. The second-order valence-electron chi connectivity index (χ2n) is 4.13. The van der Waals surface area contributed by atoms with E-state index in [1.807, 2.05) is 6.92 Å². The molecule has 6 heteroatoms. The van der Waals surface area contributed by atoms with E-state index in [0.29, 0.717) is 10.2 Å². The number of hydrogen-bond acceptors (Lipinski definition) is 4. The molecule has 0 amide bonds. The van der Waals surface area contributed by atoms with Crippen molar-refractivity contribution in [2.24, 2.45) is 0 Å². The lowest BCUT2D eigenvalue weighted by Gasteiger charge is -2.09. The lowest BCUT2D eigenvalue weighted by atomic mass is 10.0. The van der Waals surface area contributed by atoms with Crippen molar-refractivity contribution in [2.45, 2.75) is 13.5 Å². The molecule has 0 saturated heterocycles. The summed E-state index contributed by atoms with van der Waals surface area (Å²) < 4.78 is 1.94. The third kappa shape index (κ3) is 2.69. The van der Waals surface area contributed by atoms with E-state index in [9.17, 15) is 9.90 Å². The zero-order valence-corrected chi connectivity index (χ0v) is 11.9. The topological polar surface area (TPSA) is 75.3 Å². The van der Waals surface area contributed by atoms with E-state index in [1.165, 1.54) is 16.9 Å². The molecule has 19 heavy (non-hydrogen) atoms. The first-order valence-electron chi connectivity index (χ1n) is 5.71. The molecule has 1 aromatic heterocycles. The van der Waals surface area contributed by atoms with Crippen molar-refractivity contribution in [3.63, 3.8) is 0 Å². The number of ketones is 1. The van der Waals surface area contributed by atoms with Crippen molar-refractivity contribution < 1.29 is 15.0 Å².